The van der Waals surface area contributed by atoms with Gasteiger partial charge in [-0.25, -0.2) is 14.0 Å². The van der Waals surface area contributed by atoms with Crippen molar-refractivity contribution < 1.29 is 29.0 Å². The molecule has 0 bridgehead atoms. The predicted octanol–water partition coefficient (Wildman–Crippen LogP) is 4.27. The number of carbonyl (C=O) groups excluding carboxylic acids is 1. The van der Waals surface area contributed by atoms with E-state index < -0.39 is 29.8 Å². The van der Waals surface area contributed by atoms with Gasteiger partial charge in [-0.3, -0.25) is 9.69 Å². The van der Waals surface area contributed by atoms with Gasteiger partial charge in [0.2, 0.25) is 0 Å². The second-order valence-electron chi connectivity index (χ2n) is 6.68. The van der Waals surface area contributed by atoms with Gasteiger partial charge in [-0.1, -0.05) is 18.2 Å². The molecule has 0 aliphatic carbocycles. The van der Waals surface area contributed by atoms with Crippen molar-refractivity contribution in [2.24, 2.45) is 0 Å². The lowest BCUT2D eigenvalue weighted by Crippen LogP contribution is -2.53. The van der Waals surface area contributed by atoms with Crippen molar-refractivity contribution in [2.45, 2.75) is 24.8 Å². The van der Waals surface area contributed by atoms with Crippen LogP contribution in [-0.2, 0) is 4.79 Å². The van der Waals surface area contributed by atoms with Crippen molar-refractivity contribution >= 4 is 40.4 Å². The van der Waals surface area contributed by atoms with Crippen molar-refractivity contribution in [1.82, 2.24) is 4.90 Å². The number of hydrogen-bond acceptors (Lipinski definition) is 3. The van der Waals surface area contributed by atoms with Gasteiger partial charge in [0.25, 0.3) is 0 Å². The normalized spacial score (nSPS) is 18.9. The summed E-state index contributed by atoms with van der Waals surface area (Å²) in [5.41, 5.74) is -0.0153. The summed E-state index contributed by atoms with van der Waals surface area (Å²) in [5, 5.41) is 19.0. The molecule has 0 radical (unpaired) electrons. The van der Waals surface area contributed by atoms with Crippen LogP contribution in [0, 0.1) is 9.39 Å². The molecule has 0 spiro atoms. The molecule has 3 rings (SSSR count). The van der Waals surface area contributed by atoms with E-state index in [1.54, 1.807) is 30.3 Å². The molecule has 1 fully saturated rings. The molecule has 1 aliphatic rings. The molecule has 1 aliphatic heterocycles. The smallest absolute Gasteiger partial charge is 0.408 e. The molecule has 2 aromatic carbocycles. The zero-order chi connectivity index (χ0) is 20.5. The van der Waals surface area contributed by atoms with Crippen molar-refractivity contribution in [3.05, 3.63) is 57.4 Å². The largest absolute Gasteiger partial charge is 0.479 e. The molecular formula is C20H17FINO5. The van der Waals surface area contributed by atoms with Gasteiger partial charge in [-0.05, 0) is 70.8 Å². The quantitative estimate of drug-likeness (QED) is 0.476. The fraction of sp³-hybridized carbons (Fsp3) is 0.250. The summed E-state index contributed by atoms with van der Waals surface area (Å²) in [6, 6.07) is 10.8. The number of Topliss-reactive ketones (excluding diaryl/α,β-unsaturated/α-hetero) is 1. The minimum Gasteiger partial charge on any atom is -0.479 e. The van der Waals surface area contributed by atoms with E-state index in [0.717, 1.165) is 19.6 Å². The number of amides is 1. The fourth-order valence-electron chi connectivity index (χ4n) is 3.56. The first kappa shape index (κ1) is 20.2. The number of aliphatic carboxylic acids is 1. The molecule has 2 aromatic rings. The zero-order valence-electron chi connectivity index (χ0n) is 14.7. The lowest BCUT2D eigenvalue weighted by Gasteiger charge is -2.32. The third kappa shape index (κ3) is 3.73. The third-order valence-electron chi connectivity index (χ3n) is 5.01. The average molecular weight is 497 g/mol. The molecule has 1 atom stereocenters. The molecule has 1 heterocycles. The molecule has 0 aromatic heterocycles. The molecule has 1 saturated heterocycles. The van der Waals surface area contributed by atoms with E-state index in [1.165, 1.54) is 12.1 Å². The first-order valence-electron chi connectivity index (χ1n) is 8.57. The van der Waals surface area contributed by atoms with Gasteiger partial charge in [0.05, 0.1) is 0 Å². The Bertz CT molecular complexity index is 946. The standard InChI is InChI=1S/C20H17FINO5/c21-14-5-2-12(3-6-14)15-10-13(4-7-16(15)22)17(24)11-20(18(25)26)8-1-9-23(20)19(27)28/h2-7,10H,1,8-9,11H2,(H,25,26)(H,27,28)/t20-/m0/s1. The number of likely N-dealkylation sites (tertiary alicyclic amines) is 1. The summed E-state index contributed by atoms with van der Waals surface area (Å²) >= 11 is 2.10. The highest BCUT2D eigenvalue weighted by molar-refractivity contribution is 14.1. The number of hydrogen-bond donors (Lipinski definition) is 2. The van der Waals surface area contributed by atoms with Crippen molar-refractivity contribution in [3.63, 3.8) is 0 Å². The average Bonchev–Trinajstić information content (AvgIpc) is 3.08. The number of carboxylic acid groups (broad SMARTS) is 2. The highest BCUT2D eigenvalue weighted by Crippen LogP contribution is 2.35. The highest BCUT2D eigenvalue weighted by Gasteiger charge is 2.51. The topological polar surface area (TPSA) is 94.9 Å². The van der Waals surface area contributed by atoms with Gasteiger partial charge in [0.15, 0.2) is 11.3 Å². The molecule has 28 heavy (non-hydrogen) atoms. The second kappa shape index (κ2) is 7.86. The van der Waals surface area contributed by atoms with Crippen LogP contribution in [0.1, 0.15) is 29.6 Å². The number of nitrogens with zero attached hydrogens (tertiary/aromatic N) is 1. The van der Waals surface area contributed by atoms with E-state index in [0.29, 0.717) is 6.42 Å². The summed E-state index contributed by atoms with van der Waals surface area (Å²) < 4.78 is 14.0. The molecule has 8 heteroatoms. The molecule has 0 saturated carbocycles. The number of halogens is 2. The number of ketones is 1. The van der Waals surface area contributed by atoms with Gasteiger partial charge < -0.3 is 10.2 Å². The Morgan fingerprint density at radius 2 is 1.79 bits per heavy atom. The highest BCUT2D eigenvalue weighted by atomic mass is 127. The molecule has 6 nitrogen and oxygen atoms in total. The number of carboxylic acids is 1. The van der Waals surface area contributed by atoms with E-state index >= 15 is 0 Å². The van der Waals surface area contributed by atoms with Gasteiger partial charge in [0, 0.05) is 22.1 Å². The van der Waals surface area contributed by atoms with Gasteiger partial charge in [0.1, 0.15) is 5.82 Å². The third-order valence-corrected chi connectivity index (χ3v) is 5.95. The van der Waals surface area contributed by atoms with Crippen molar-refractivity contribution in [2.75, 3.05) is 6.54 Å². The lowest BCUT2D eigenvalue weighted by molar-refractivity contribution is -0.148. The summed E-state index contributed by atoms with van der Waals surface area (Å²) in [5.74, 6) is -2.13. The zero-order valence-corrected chi connectivity index (χ0v) is 16.8. The minimum atomic E-state index is -1.75. The van der Waals surface area contributed by atoms with Crippen LogP contribution in [0.25, 0.3) is 11.1 Å². The predicted molar refractivity (Wildman–Crippen MR) is 108 cm³/mol. The van der Waals surface area contributed by atoms with Crippen LogP contribution >= 0.6 is 22.6 Å². The Morgan fingerprint density at radius 3 is 2.39 bits per heavy atom. The Morgan fingerprint density at radius 1 is 1.11 bits per heavy atom. The number of rotatable bonds is 5. The van der Waals surface area contributed by atoms with Crippen molar-refractivity contribution in [3.8, 4) is 11.1 Å². The van der Waals surface area contributed by atoms with Crippen LogP contribution in [0.5, 0.6) is 0 Å². The monoisotopic (exact) mass is 497 g/mol. The Kier molecular flexibility index (Phi) is 5.69. The summed E-state index contributed by atoms with van der Waals surface area (Å²) in [4.78, 5) is 37.1. The Labute approximate surface area is 174 Å². The molecule has 0 unspecified atom stereocenters. The molecule has 1 amide bonds. The minimum absolute atomic E-state index is 0.0857. The van der Waals surface area contributed by atoms with Crippen LogP contribution < -0.4 is 0 Å². The second-order valence-corrected chi connectivity index (χ2v) is 7.84. The maximum absolute atomic E-state index is 13.2. The van der Waals surface area contributed by atoms with Crippen LogP contribution in [0.3, 0.4) is 0 Å². The maximum atomic E-state index is 13.2. The Hall–Kier alpha value is -2.49. The summed E-state index contributed by atoms with van der Waals surface area (Å²) in [6.45, 7) is 0.0857. The van der Waals surface area contributed by atoms with Gasteiger partial charge >= 0.3 is 12.1 Å². The fourth-order valence-corrected chi connectivity index (χ4v) is 4.20. The van der Waals surface area contributed by atoms with E-state index in [4.69, 9.17) is 0 Å². The van der Waals surface area contributed by atoms with Crippen LogP contribution in [-0.4, -0.2) is 45.0 Å². The first-order chi connectivity index (χ1) is 13.2. The SMILES string of the molecule is O=C(C[C@]1(C(=O)O)CCCN1C(=O)O)c1ccc(I)c(-c2ccc(F)cc2)c1. The van der Waals surface area contributed by atoms with Gasteiger partial charge in [-0.2, -0.15) is 0 Å². The van der Waals surface area contributed by atoms with E-state index in [9.17, 15) is 29.0 Å². The van der Waals surface area contributed by atoms with E-state index in [-0.39, 0.29) is 24.3 Å². The summed E-state index contributed by atoms with van der Waals surface area (Å²) in [6.07, 6.45) is -1.30. The van der Waals surface area contributed by atoms with Crippen LogP contribution in [0.2, 0.25) is 0 Å². The Balaban J connectivity index is 1.94. The first-order valence-corrected chi connectivity index (χ1v) is 9.65. The van der Waals surface area contributed by atoms with Crippen molar-refractivity contribution in [1.29, 1.82) is 0 Å². The molecule has 2 N–H and O–H groups in total. The lowest BCUT2D eigenvalue weighted by atomic mass is 9.87. The van der Waals surface area contributed by atoms with Crippen LogP contribution in [0.4, 0.5) is 9.18 Å². The van der Waals surface area contributed by atoms with Crippen LogP contribution in [0.15, 0.2) is 42.5 Å². The van der Waals surface area contributed by atoms with Gasteiger partial charge in [-0.15, -0.1) is 0 Å². The number of carbonyl (C=O) groups is 3. The maximum Gasteiger partial charge on any atom is 0.408 e. The summed E-state index contributed by atoms with van der Waals surface area (Å²) in [7, 11) is 0. The number of benzene rings is 2. The molecule has 146 valence electrons. The van der Waals surface area contributed by atoms with E-state index in [1.807, 2.05) is 0 Å². The molecular weight excluding hydrogens is 480 g/mol. The van der Waals surface area contributed by atoms with E-state index in [2.05, 4.69) is 22.6 Å².